The number of rotatable bonds is 2. The van der Waals surface area contributed by atoms with Crippen LogP contribution in [0.15, 0.2) is 11.2 Å². The van der Waals surface area contributed by atoms with E-state index in [9.17, 15) is 0 Å². The van der Waals surface area contributed by atoms with Gasteiger partial charge in [-0.15, -0.1) is 16.3 Å². The van der Waals surface area contributed by atoms with Crippen LogP contribution in [0.1, 0.15) is 4.88 Å². The highest BCUT2D eigenvalue weighted by atomic mass is 32.1. The lowest BCUT2D eigenvalue weighted by Gasteiger charge is -2.41. The molecule has 1 aromatic rings. The number of guanidine groups is 1. The number of hydrogen-bond acceptors (Lipinski definition) is 5. The fraction of sp³-hybridized carbons (Fsp3) is 0.500. The summed E-state index contributed by atoms with van der Waals surface area (Å²) in [5.74, 6) is 0.704. The third-order valence-electron chi connectivity index (χ3n) is 2.56. The summed E-state index contributed by atoms with van der Waals surface area (Å²) in [4.78, 5) is 14.2. The second-order valence-corrected chi connectivity index (χ2v) is 5.99. The van der Waals surface area contributed by atoms with Crippen LogP contribution in [0.25, 0.3) is 0 Å². The molecule has 0 saturated carbocycles. The minimum absolute atomic E-state index is 0.701. The summed E-state index contributed by atoms with van der Waals surface area (Å²) in [6.45, 7) is 2.21. The smallest absolute Gasteiger partial charge is 0.214 e. The molecule has 0 unspecified atom stereocenters. The molecule has 0 atom stereocenters. The number of aromatic nitrogens is 1. The van der Waals surface area contributed by atoms with E-state index in [1.54, 1.807) is 11.3 Å². The van der Waals surface area contributed by atoms with Gasteiger partial charge in [-0.05, 0) is 19.3 Å². The first kappa shape index (κ1) is 13.0. The first-order valence-electron chi connectivity index (χ1n) is 5.39. The van der Waals surface area contributed by atoms with E-state index in [0.29, 0.717) is 12.5 Å². The summed E-state index contributed by atoms with van der Waals surface area (Å²) in [5, 5.41) is 8.77. The fourth-order valence-corrected chi connectivity index (χ4v) is 3.05. The zero-order chi connectivity index (χ0) is 13.1. The molecule has 1 saturated heterocycles. The second-order valence-electron chi connectivity index (χ2n) is 4.19. The number of H-pyrrole nitrogens is 1. The Kier molecular flexibility index (Phi) is 3.96. The van der Waals surface area contributed by atoms with Crippen LogP contribution in [0.4, 0.5) is 0 Å². The first-order chi connectivity index (χ1) is 8.60. The largest absolute Gasteiger partial charge is 0.343 e. The van der Waals surface area contributed by atoms with Crippen LogP contribution >= 0.6 is 23.6 Å². The Labute approximate surface area is 115 Å². The van der Waals surface area contributed by atoms with Crippen molar-refractivity contribution in [1.29, 1.82) is 5.26 Å². The number of nitrogens with one attached hydrogen (secondary N) is 1. The van der Waals surface area contributed by atoms with Crippen molar-refractivity contribution in [1.82, 2.24) is 19.7 Å². The van der Waals surface area contributed by atoms with E-state index in [-0.39, 0.29) is 0 Å². The van der Waals surface area contributed by atoms with E-state index in [1.165, 1.54) is 0 Å². The van der Waals surface area contributed by atoms with Crippen molar-refractivity contribution in [3.05, 3.63) is 15.0 Å². The number of aliphatic imine (C=N–C) groups is 1. The molecule has 8 heteroatoms. The van der Waals surface area contributed by atoms with Crippen LogP contribution in [0.5, 0.6) is 0 Å². The Morgan fingerprint density at radius 3 is 2.94 bits per heavy atom. The first-order valence-corrected chi connectivity index (χ1v) is 6.61. The van der Waals surface area contributed by atoms with Crippen molar-refractivity contribution < 1.29 is 0 Å². The van der Waals surface area contributed by atoms with Crippen molar-refractivity contribution in [2.24, 2.45) is 4.99 Å². The topological polar surface area (TPSA) is 61.7 Å². The molecule has 2 rings (SSSR count). The molecule has 6 nitrogen and oxygen atoms in total. The number of nitriles is 1. The highest BCUT2D eigenvalue weighted by Gasteiger charge is 2.24. The number of thiazole rings is 1. The highest BCUT2D eigenvalue weighted by molar-refractivity contribution is 7.73. The maximum absolute atomic E-state index is 8.77. The third-order valence-corrected chi connectivity index (χ3v) is 3.74. The van der Waals surface area contributed by atoms with Gasteiger partial charge in [-0.3, -0.25) is 4.90 Å². The lowest BCUT2D eigenvalue weighted by atomic mass is 10.4. The summed E-state index contributed by atoms with van der Waals surface area (Å²) in [6, 6.07) is 0. The lowest BCUT2D eigenvalue weighted by Crippen LogP contribution is -2.55. The van der Waals surface area contributed by atoms with E-state index in [0.717, 1.165) is 22.2 Å². The molecule has 1 N–H and O–H groups in total. The van der Waals surface area contributed by atoms with Crippen LogP contribution < -0.4 is 0 Å². The Balaban J connectivity index is 2.20. The molecule has 0 aromatic carbocycles. The average molecular weight is 282 g/mol. The van der Waals surface area contributed by atoms with Gasteiger partial charge in [-0.25, -0.2) is 0 Å². The Bertz CT molecular complexity index is 539. The molecule has 0 spiro atoms. The minimum Gasteiger partial charge on any atom is -0.343 e. The molecular formula is C10H14N6S2. The van der Waals surface area contributed by atoms with Crippen LogP contribution in [-0.4, -0.2) is 53.1 Å². The molecule has 96 valence electrons. The van der Waals surface area contributed by atoms with Gasteiger partial charge in [0.25, 0.3) is 0 Å². The average Bonchev–Trinajstić information content (AvgIpc) is 2.69. The zero-order valence-corrected chi connectivity index (χ0v) is 11.9. The molecule has 0 aliphatic carbocycles. The summed E-state index contributed by atoms with van der Waals surface area (Å²) in [7, 11) is 3.96. The van der Waals surface area contributed by atoms with E-state index in [4.69, 9.17) is 17.5 Å². The van der Waals surface area contributed by atoms with Crippen LogP contribution in [0.2, 0.25) is 0 Å². The van der Waals surface area contributed by atoms with Gasteiger partial charge >= 0.3 is 0 Å². The van der Waals surface area contributed by atoms with Crippen LogP contribution in [0.3, 0.4) is 0 Å². The van der Waals surface area contributed by atoms with E-state index in [1.807, 2.05) is 31.4 Å². The fourth-order valence-electron chi connectivity index (χ4n) is 1.97. The van der Waals surface area contributed by atoms with E-state index >= 15 is 0 Å². The lowest BCUT2D eigenvalue weighted by molar-refractivity contribution is 0.112. The Morgan fingerprint density at radius 1 is 1.56 bits per heavy atom. The molecule has 1 aliphatic heterocycles. The molecule has 0 radical (unpaired) electrons. The second kappa shape index (κ2) is 5.48. The van der Waals surface area contributed by atoms with Crippen LogP contribution in [-0.2, 0) is 6.54 Å². The summed E-state index contributed by atoms with van der Waals surface area (Å²) < 4.78 is 0.766. The van der Waals surface area contributed by atoms with Crippen molar-refractivity contribution in [3.63, 3.8) is 0 Å². The standard InChI is InChI=1S/C10H14N6S2/c1-14-6-15(2)9(13-5-11)16(7-14)4-8-3-12-10(17)18-8/h3H,4,6-7H2,1-2H3,(H,12,17). The highest BCUT2D eigenvalue weighted by Crippen LogP contribution is 2.15. The summed E-state index contributed by atoms with van der Waals surface area (Å²) >= 11 is 6.62. The molecule has 2 heterocycles. The predicted molar refractivity (Wildman–Crippen MR) is 73.4 cm³/mol. The van der Waals surface area contributed by atoms with Gasteiger partial charge in [0.1, 0.15) is 0 Å². The van der Waals surface area contributed by atoms with Gasteiger partial charge in [0.05, 0.1) is 19.9 Å². The monoisotopic (exact) mass is 282 g/mol. The maximum atomic E-state index is 8.77. The van der Waals surface area contributed by atoms with Gasteiger partial charge in [0, 0.05) is 18.1 Å². The molecular weight excluding hydrogens is 268 g/mol. The van der Waals surface area contributed by atoms with Crippen molar-refractivity contribution in [2.75, 3.05) is 27.4 Å². The van der Waals surface area contributed by atoms with Crippen LogP contribution in [0, 0.1) is 15.4 Å². The van der Waals surface area contributed by atoms with Gasteiger partial charge < -0.3 is 14.8 Å². The van der Waals surface area contributed by atoms with E-state index in [2.05, 4.69) is 19.8 Å². The number of aromatic amines is 1. The van der Waals surface area contributed by atoms with Gasteiger partial charge in [-0.1, -0.05) is 0 Å². The van der Waals surface area contributed by atoms with Gasteiger partial charge in [-0.2, -0.15) is 5.26 Å². The van der Waals surface area contributed by atoms with Crippen molar-refractivity contribution in [3.8, 4) is 6.19 Å². The van der Waals surface area contributed by atoms with Crippen molar-refractivity contribution >= 4 is 29.5 Å². The van der Waals surface area contributed by atoms with E-state index < -0.39 is 0 Å². The normalized spacial score (nSPS) is 19.3. The molecule has 0 bridgehead atoms. The molecule has 0 amide bonds. The molecule has 1 aromatic heterocycles. The minimum atomic E-state index is 0.701. The molecule has 1 fully saturated rings. The predicted octanol–water partition coefficient (Wildman–Crippen LogP) is 1.24. The Morgan fingerprint density at radius 2 is 2.33 bits per heavy atom. The zero-order valence-electron chi connectivity index (χ0n) is 10.3. The number of hydrogen-bond donors (Lipinski definition) is 1. The maximum Gasteiger partial charge on any atom is 0.214 e. The van der Waals surface area contributed by atoms with Gasteiger partial charge in [0.2, 0.25) is 12.2 Å². The SMILES string of the molecule is CN1CN(C)C(=NC#N)N(Cc2c[nH]c(=S)s2)C1. The van der Waals surface area contributed by atoms with Gasteiger partial charge in [0.15, 0.2) is 3.95 Å². The molecule has 18 heavy (non-hydrogen) atoms. The Hall–Kier alpha value is -1.43. The third kappa shape index (κ3) is 2.87. The van der Waals surface area contributed by atoms with Crippen molar-refractivity contribution in [2.45, 2.75) is 6.54 Å². The quantitative estimate of drug-likeness (QED) is 0.653. The summed E-state index contributed by atoms with van der Waals surface area (Å²) in [6.07, 6.45) is 3.77. The molecule has 1 aliphatic rings. The summed E-state index contributed by atoms with van der Waals surface area (Å²) in [5.41, 5.74) is 0. The number of nitrogens with zero attached hydrogens (tertiary/aromatic N) is 5.